The van der Waals surface area contributed by atoms with E-state index in [4.69, 9.17) is 37.2 Å². The molecule has 47 heavy (non-hydrogen) atoms. The fraction of sp³-hybridized carbons (Fsp3) is 0.0294. The van der Waals surface area contributed by atoms with Crippen LogP contribution in [0.1, 0.15) is 0 Å². The summed E-state index contributed by atoms with van der Waals surface area (Å²) in [5.41, 5.74) is 4.31. The first-order chi connectivity index (χ1) is 22.4. The molecule has 0 saturated heterocycles. The summed E-state index contributed by atoms with van der Waals surface area (Å²) in [6.07, 6.45) is 0. The Hall–Kier alpha value is -2.94. The van der Waals surface area contributed by atoms with Crippen LogP contribution in [0.15, 0.2) is 121 Å². The van der Waals surface area contributed by atoms with E-state index in [1.54, 1.807) is 0 Å². The fourth-order valence-electron chi connectivity index (χ4n) is 3.20. The molecule has 0 aliphatic carbocycles. The molecule has 0 aliphatic heterocycles. The van der Waals surface area contributed by atoms with Gasteiger partial charge in [-0.3, -0.25) is 0 Å². The average Bonchev–Trinajstić information content (AvgIpc) is 3.20. The van der Waals surface area contributed by atoms with Crippen LogP contribution >= 0.6 is 15.8 Å². The van der Waals surface area contributed by atoms with Crippen molar-refractivity contribution in [2.75, 3.05) is 5.90 Å². The summed E-state index contributed by atoms with van der Waals surface area (Å²) in [6, 6.07) is 44.1. The van der Waals surface area contributed by atoms with Crippen molar-refractivity contribution in [3.8, 4) is 0 Å². The first kappa shape index (κ1) is 62.8. The predicted octanol–water partition coefficient (Wildman–Crippen LogP) is 4.75. The average molecular weight is 794 g/mol. The first-order valence-corrected chi connectivity index (χ1v) is 14.8. The van der Waals surface area contributed by atoms with Gasteiger partial charge in [-0.05, 0) is 37.1 Å². The van der Waals surface area contributed by atoms with E-state index in [1.165, 1.54) is 27.1 Å². The molecule has 0 spiro atoms. The Labute approximate surface area is 307 Å². The molecule has 243 valence electrons. The SMILES string of the molecule is [C-]#[O+].[C-]#[O+].[C-]#[O+].[C-]#[O+].[C-]#[O+].[C-]#[O+].[C-]#[O+].[C-]#[O+].[CH-]=[Mn].[Co].[Co].c1ccc(P(CP(c2ccccc2)c2ccccc2)c2ccccc2)cc1. The zero-order valence-corrected chi connectivity index (χ0v) is 29.1. The van der Waals surface area contributed by atoms with Crippen LogP contribution in [0.3, 0.4) is 0 Å². The van der Waals surface area contributed by atoms with Crippen molar-refractivity contribution in [1.29, 1.82) is 0 Å². The van der Waals surface area contributed by atoms with Gasteiger partial charge < -0.3 is 0 Å². The van der Waals surface area contributed by atoms with Crippen LogP contribution in [0.5, 0.6) is 0 Å². The van der Waals surface area contributed by atoms with Gasteiger partial charge in [-0.1, -0.05) is 121 Å². The van der Waals surface area contributed by atoms with Crippen molar-refractivity contribution in [3.05, 3.63) is 175 Å². The molecule has 0 unspecified atom stereocenters. The van der Waals surface area contributed by atoms with Crippen molar-refractivity contribution in [2.45, 2.75) is 0 Å². The Balaban J connectivity index is -0.000000110. The molecule has 0 bridgehead atoms. The topological polar surface area (TPSA) is 159 Å². The van der Waals surface area contributed by atoms with Crippen molar-refractivity contribution in [2.24, 2.45) is 0 Å². The summed E-state index contributed by atoms with van der Waals surface area (Å²) in [5, 5.41) is 5.83. The molecular formula is C34H23Co2MnO8P2-. The van der Waals surface area contributed by atoms with E-state index in [2.05, 4.69) is 196 Å². The standard InChI is InChI=1S/C25H22P2.8CO.CH.2Co.Mn/c1-5-13-22(14-6-1)26(23-15-7-2-8-16-23)21-27(24-17-9-3-10-18-24)25-19-11-4-12-20-25;8*1-2;;;;/h1-20H,21H2;;;;;;;;;1H;;;/q;;;;;;;;;-1;;;. The summed E-state index contributed by atoms with van der Waals surface area (Å²) in [4.78, 5) is 0. The van der Waals surface area contributed by atoms with Crippen LogP contribution in [-0.4, -0.2) is 11.3 Å². The van der Waals surface area contributed by atoms with Gasteiger partial charge in [0.2, 0.25) is 0 Å². The van der Waals surface area contributed by atoms with Gasteiger partial charge >= 0.3 is 111 Å². The first-order valence-electron chi connectivity index (χ1n) is 11.0. The third-order valence-corrected chi connectivity index (χ3v) is 10.5. The Kier molecular flexibility index (Phi) is 78.3. The van der Waals surface area contributed by atoms with Gasteiger partial charge in [0.1, 0.15) is 0 Å². The normalized spacial score (nSPS) is 6.77. The van der Waals surface area contributed by atoms with Gasteiger partial charge in [-0.15, -0.1) is 0 Å². The molecule has 4 aromatic rings. The Morgan fingerprint density at radius 3 is 0.596 bits per heavy atom. The second-order valence-corrected chi connectivity index (χ2v) is 11.2. The van der Waals surface area contributed by atoms with Crippen LogP contribution in [0, 0.1) is 53.2 Å². The molecule has 0 aliphatic rings. The van der Waals surface area contributed by atoms with Crippen LogP contribution in [-0.2, 0) is 86.4 Å². The van der Waals surface area contributed by atoms with E-state index in [0.717, 1.165) is 0 Å². The van der Waals surface area contributed by atoms with Gasteiger partial charge in [-0.25, -0.2) is 0 Å². The molecule has 8 nitrogen and oxygen atoms in total. The molecule has 4 rings (SSSR count). The molecule has 0 fully saturated rings. The monoisotopic (exact) mass is 794 g/mol. The van der Waals surface area contributed by atoms with Crippen LogP contribution in [0.25, 0.3) is 0 Å². The van der Waals surface area contributed by atoms with Gasteiger partial charge in [0.05, 0.1) is 0 Å². The molecule has 0 N–H and O–H groups in total. The van der Waals surface area contributed by atoms with Gasteiger partial charge in [0.25, 0.3) is 0 Å². The second kappa shape index (κ2) is 58.6. The smallest absolute Gasteiger partial charge is 0.00405 e. The Bertz CT molecular complexity index is 1120. The second-order valence-electron chi connectivity index (χ2n) is 6.34. The molecule has 0 aromatic heterocycles. The fourth-order valence-corrected chi connectivity index (χ4v) is 9.67. The molecule has 13 heteroatoms. The maximum Gasteiger partial charge on any atom is 0.00405 e. The molecule has 0 heterocycles. The number of hydrogen-bond acceptors (Lipinski definition) is 0. The number of rotatable bonds is 6. The van der Waals surface area contributed by atoms with E-state index in [9.17, 15) is 0 Å². The minimum atomic E-state index is -0.409. The van der Waals surface area contributed by atoms with Crippen LogP contribution in [0.4, 0.5) is 0 Å². The van der Waals surface area contributed by atoms with Crippen molar-refractivity contribution >= 4 is 42.5 Å². The van der Waals surface area contributed by atoms with E-state index in [0.29, 0.717) is 0 Å². The summed E-state index contributed by atoms with van der Waals surface area (Å²) >= 11 is 2.44. The van der Waals surface area contributed by atoms with Crippen molar-refractivity contribution in [3.63, 3.8) is 0 Å². The predicted molar refractivity (Wildman–Crippen MR) is 161 cm³/mol. The number of benzene rings is 4. The maximum absolute atomic E-state index is 7.50. The quantitative estimate of drug-likeness (QED) is 0.114. The largest absolute Gasteiger partial charge is 0.0622 e. The minimum absolute atomic E-state index is 0. The zero-order chi connectivity index (χ0) is 36.3. The van der Waals surface area contributed by atoms with Crippen molar-refractivity contribution in [1.82, 2.24) is 0 Å². The maximum atomic E-state index is 7.50. The van der Waals surface area contributed by atoms with E-state index in [-0.39, 0.29) is 33.6 Å². The minimum Gasteiger partial charge on any atom is -0.0622 e. The Morgan fingerprint density at radius 2 is 0.468 bits per heavy atom. The van der Waals surface area contributed by atoms with Crippen LogP contribution < -0.4 is 21.2 Å². The van der Waals surface area contributed by atoms with E-state index < -0.39 is 15.8 Å². The molecule has 0 amide bonds. The summed E-state index contributed by atoms with van der Waals surface area (Å²) in [5.74, 6) is 1.17. The molecule has 4 aromatic carbocycles. The summed E-state index contributed by atoms with van der Waals surface area (Å²) < 4.78 is 60.0. The van der Waals surface area contributed by atoms with Gasteiger partial charge in [-0.2, -0.15) is 0 Å². The molecule has 0 saturated carbocycles. The van der Waals surface area contributed by atoms with Crippen molar-refractivity contribution < 1.29 is 86.4 Å². The molecule has 2 radical (unpaired) electrons. The van der Waals surface area contributed by atoms with Gasteiger partial charge in [0, 0.05) is 39.5 Å². The zero-order valence-electron chi connectivity index (χ0n) is 24.0. The summed E-state index contributed by atoms with van der Waals surface area (Å²) in [7, 11) is -0.817. The Morgan fingerprint density at radius 1 is 0.340 bits per heavy atom. The third-order valence-electron chi connectivity index (χ3n) is 4.55. The van der Waals surface area contributed by atoms with E-state index >= 15 is 0 Å². The molecule has 0 atom stereocenters. The van der Waals surface area contributed by atoms with Gasteiger partial charge in [0.15, 0.2) is 0 Å². The van der Waals surface area contributed by atoms with E-state index in [1.807, 2.05) is 0 Å². The number of hydrogen-bond donors (Lipinski definition) is 0. The van der Waals surface area contributed by atoms with Crippen LogP contribution in [0.2, 0.25) is 0 Å². The molecular weight excluding hydrogens is 771 g/mol. The summed E-state index contributed by atoms with van der Waals surface area (Å²) in [6.45, 7) is 36.0. The third kappa shape index (κ3) is 30.2.